The zero-order chi connectivity index (χ0) is 24.0. The van der Waals surface area contributed by atoms with Crippen molar-refractivity contribution in [2.45, 2.75) is 76.7 Å². The van der Waals surface area contributed by atoms with Gasteiger partial charge in [0.25, 0.3) is 0 Å². The van der Waals surface area contributed by atoms with E-state index in [2.05, 4.69) is 0 Å². The highest BCUT2D eigenvalue weighted by molar-refractivity contribution is 5.94. The van der Waals surface area contributed by atoms with Gasteiger partial charge in [0, 0.05) is 19.6 Å². The van der Waals surface area contributed by atoms with Gasteiger partial charge in [0.05, 0.1) is 20.3 Å². The highest BCUT2D eigenvalue weighted by atomic mass is 16.8. The van der Waals surface area contributed by atoms with Gasteiger partial charge in [-0.1, -0.05) is 12.2 Å². The molecular weight excluding hydrogens is 428 g/mol. The van der Waals surface area contributed by atoms with Crippen LogP contribution in [0.1, 0.15) is 56.0 Å². The molecule has 4 atom stereocenters. The molecule has 2 aliphatic heterocycles. The van der Waals surface area contributed by atoms with Gasteiger partial charge < -0.3 is 33.2 Å². The fourth-order valence-electron chi connectivity index (χ4n) is 4.29. The van der Waals surface area contributed by atoms with Crippen molar-refractivity contribution in [3.05, 3.63) is 35.4 Å². The number of rotatable bonds is 5. The maximum atomic E-state index is 13.1. The molecule has 1 aromatic carbocycles. The molecule has 0 bridgehead atoms. The van der Waals surface area contributed by atoms with Crippen LogP contribution in [0.15, 0.2) is 24.3 Å². The van der Waals surface area contributed by atoms with Gasteiger partial charge >= 0.3 is 5.97 Å². The number of carbonyl (C=O) groups is 1. The lowest BCUT2D eigenvalue weighted by atomic mass is 9.96. The lowest BCUT2D eigenvalue weighted by molar-refractivity contribution is -0.170. The molecular formula is C25H36O8. The second-order valence-electron chi connectivity index (χ2n) is 8.81. The van der Waals surface area contributed by atoms with E-state index in [1.807, 2.05) is 39.0 Å². The van der Waals surface area contributed by atoms with Crippen LogP contribution in [-0.2, 0) is 30.1 Å². The summed E-state index contributed by atoms with van der Waals surface area (Å²) in [5.41, 5.74) is 1.24. The van der Waals surface area contributed by atoms with Crippen LogP contribution in [0.3, 0.4) is 0 Å². The topological polar surface area (TPSA) is 81.7 Å². The summed E-state index contributed by atoms with van der Waals surface area (Å²) >= 11 is 0. The number of esters is 1. The molecule has 184 valence electrons. The summed E-state index contributed by atoms with van der Waals surface area (Å²) in [6.45, 7) is 5.81. The molecule has 0 saturated carbocycles. The van der Waals surface area contributed by atoms with Crippen molar-refractivity contribution < 1.29 is 38.0 Å². The fraction of sp³-hybridized carbons (Fsp3) is 0.640. The van der Waals surface area contributed by atoms with Crippen molar-refractivity contribution in [3.8, 4) is 11.5 Å². The summed E-state index contributed by atoms with van der Waals surface area (Å²) in [4.78, 5) is 13.1. The Kier molecular flexibility index (Phi) is 8.75. The Morgan fingerprint density at radius 2 is 1.91 bits per heavy atom. The number of cyclic esters (lactones) is 1. The van der Waals surface area contributed by atoms with E-state index in [0.29, 0.717) is 36.3 Å². The first-order chi connectivity index (χ1) is 15.8. The SMILES string of the molecule is COCOC1CCCc2cc(OC)cc(OC)c2C(=O)O[C@@H](C)C/C=C/[C@H]2OC(C)(C)O[C@@H]12. The quantitative estimate of drug-likeness (QED) is 0.367. The molecule has 1 saturated heterocycles. The van der Waals surface area contributed by atoms with E-state index >= 15 is 0 Å². The molecule has 2 heterocycles. The average molecular weight is 465 g/mol. The Morgan fingerprint density at radius 3 is 2.61 bits per heavy atom. The molecule has 0 amide bonds. The molecule has 0 spiro atoms. The summed E-state index contributed by atoms with van der Waals surface area (Å²) in [5, 5.41) is 0. The first-order valence-electron chi connectivity index (χ1n) is 11.4. The Bertz CT molecular complexity index is 834. The Labute approximate surface area is 196 Å². The third-order valence-corrected chi connectivity index (χ3v) is 5.78. The number of methoxy groups -OCH3 is 3. The second-order valence-corrected chi connectivity index (χ2v) is 8.81. The third-order valence-electron chi connectivity index (χ3n) is 5.78. The van der Waals surface area contributed by atoms with E-state index in [-0.39, 0.29) is 31.2 Å². The van der Waals surface area contributed by atoms with Crippen LogP contribution in [0.25, 0.3) is 0 Å². The van der Waals surface area contributed by atoms with E-state index in [0.717, 1.165) is 12.0 Å². The summed E-state index contributed by atoms with van der Waals surface area (Å²) in [7, 11) is 4.72. The van der Waals surface area contributed by atoms with Crippen LogP contribution in [0.4, 0.5) is 0 Å². The molecule has 0 aliphatic carbocycles. The zero-order valence-corrected chi connectivity index (χ0v) is 20.4. The number of hydrogen-bond acceptors (Lipinski definition) is 8. The van der Waals surface area contributed by atoms with Gasteiger partial charge in [0.1, 0.15) is 42.2 Å². The van der Waals surface area contributed by atoms with E-state index < -0.39 is 11.8 Å². The molecule has 1 fully saturated rings. The van der Waals surface area contributed by atoms with Gasteiger partial charge in [0.2, 0.25) is 0 Å². The minimum atomic E-state index is -0.728. The fourth-order valence-corrected chi connectivity index (χ4v) is 4.29. The number of carbonyl (C=O) groups excluding carboxylic acids is 1. The van der Waals surface area contributed by atoms with Crippen molar-refractivity contribution in [2.75, 3.05) is 28.1 Å². The first kappa shape index (κ1) is 25.5. The largest absolute Gasteiger partial charge is 0.497 e. The lowest BCUT2D eigenvalue weighted by Crippen LogP contribution is -2.37. The summed E-state index contributed by atoms with van der Waals surface area (Å²) in [5.74, 6) is -0.0786. The molecule has 0 N–H and O–H groups in total. The van der Waals surface area contributed by atoms with Crippen LogP contribution >= 0.6 is 0 Å². The van der Waals surface area contributed by atoms with Crippen molar-refractivity contribution in [1.29, 1.82) is 0 Å². The van der Waals surface area contributed by atoms with Crippen molar-refractivity contribution >= 4 is 5.97 Å². The van der Waals surface area contributed by atoms with E-state index in [1.165, 1.54) is 7.11 Å². The number of fused-ring (bicyclic) bond motifs is 2. The molecule has 2 aliphatic rings. The lowest BCUT2D eigenvalue weighted by Gasteiger charge is -2.26. The van der Waals surface area contributed by atoms with Gasteiger partial charge in [-0.2, -0.15) is 0 Å². The first-order valence-corrected chi connectivity index (χ1v) is 11.4. The highest BCUT2D eigenvalue weighted by Gasteiger charge is 2.44. The summed E-state index contributed by atoms with van der Waals surface area (Å²) < 4.78 is 40.2. The second kappa shape index (κ2) is 11.3. The molecule has 3 rings (SSSR count). The predicted octanol–water partition coefficient (Wildman–Crippen LogP) is 4.04. The smallest absolute Gasteiger partial charge is 0.342 e. The van der Waals surface area contributed by atoms with Crippen molar-refractivity contribution in [3.63, 3.8) is 0 Å². The monoisotopic (exact) mass is 464 g/mol. The van der Waals surface area contributed by atoms with Gasteiger partial charge in [-0.15, -0.1) is 0 Å². The van der Waals surface area contributed by atoms with Crippen molar-refractivity contribution in [1.82, 2.24) is 0 Å². The van der Waals surface area contributed by atoms with Crippen LogP contribution in [0.2, 0.25) is 0 Å². The van der Waals surface area contributed by atoms with Crippen LogP contribution in [0.5, 0.6) is 11.5 Å². The zero-order valence-electron chi connectivity index (χ0n) is 20.4. The molecule has 0 aromatic heterocycles. The standard InChI is InChI=1S/C25H36O8/c1-16-9-7-12-20-23(33-25(2,3)32-20)19(30-15-27-4)11-8-10-17-13-18(28-5)14-21(29-6)22(17)24(26)31-16/h7,12-14,16,19-20,23H,8-11,15H2,1-6H3/b12-7+/t16-,19?,20+,23-/m0/s1. The van der Waals surface area contributed by atoms with Gasteiger partial charge in [-0.05, 0) is 51.7 Å². The highest BCUT2D eigenvalue weighted by Crippen LogP contribution is 2.35. The van der Waals surface area contributed by atoms with Crippen LogP contribution < -0.4 is 9.47 Å². The number of hydrogen-bond donors (Lipinski definition) is 0. The predicted molar refractivity (Wildman–Crippen MR) is 122 cm³/mol. The Hall–Kier alpha value is -2.13. The van der Waals surface area contributed by atoms with Gasteiger partial charge in [-0.3, -0.25) is 0 Å². The molecule has 33 heavy (non-hydrogen) atoms. The molecule has 0 radical (unpaired) electrons. The third kappa shape index (κ3) is 6.47. The number of benzene rings is 1. The summed E-state index contributed by atoms with van der Waals surface area (Å²) in [6, 6.07) is 3.57. The minimum Gasteiger partial charge on any atom is -0.497 e. The molecule has 8 nitrogen and oxygen atoms in total. The van der Waals surface area contributed by atoms with Gasteiger partial charge in [0.15, 0.2) is 5.79 Å². The summed E-state index contributed by atoms with van der Waals surface area (Å²) in [6.07, 6.45) is 5.36. The molecule has 8 heteroatoms. The van der Waals surface area contributed by atoms with Crippen molar-refractivity contribution in [2.24, 2.45) is 0 Å². The van der Waals surface area contributed by atoms with E-state index in [1.54, 1.807) is 20.3 Å². The molecule has 1 aromatic rings. The molecule has 1 unspecified atom stereocenters. The number of ether oxygens (including phenoxy) is 7. The number of aryl methyl sites for hydroxylation is 1. The van der Waals surface area contributed by atoms with Crippen LogP contribution in [-0.4, -0.2) is 64.3 Å². The maximum Gasteiger partial charge on any atom is 0.342 e. The van der Waals surface area contributed by atoms with Crippen LogP contribution in [0, 0.1) is 0 Å². The Balaban J connectivity index is 1.95. The Morgan fingerprint density at radius 1 is 1.12 bits per heavy atom. The van der Waals surface area contributed by atoms with E-state index in [9.17, 15) is 4.79 Å². The average Bonchev–Trinajstić information content (AvgIpc) is 3.08. The normalized spacial score (nSPS) is 28.7. The maximum absolute atomic E-state index is 13.1. The van der Waals surface area contributed by atoms with E-state index in [4.69, 9.17) is 33.2 Å². The minimum absolute atomic E-state index is 0.156. The van der Waals surface area contributed by atoms with Gasteiger partial charge in [-0.25, -0.2) is 4.79 Å².